The van der Waals surface area contributed by atoms with Gasteiger partial charge in [-0.05, 0) is 35.4 Å². The summed E-state index contributed by atoms with van der Waals surface area (Å²) in [5.74, 6) is 0.276. The number of hydrogen-bond donors (Lipinski definition) is 0. The molecule has 2 amide bonds. The number of carbonyl (C=O) groups is 2. The summed E-state index contributed by atoms with van der Waals surface area (Å²) in [5, 5.41) is 7.75. The largest absolute Gasteiger partial charge is 0.282 e. The molecule has 6 nitrogen and oxygen atoms in total. The van der Waals surface area contributed by atoms with Gasteiger partial charge in [-0.15, -0.1) is 0 Å². The fraction of sp³-hybridized carbons (Fsp3) is 0.231. The summed E-state index contributed by atoms with van der Waals surface area (Å²) in [5.41, 5.74) is 4.20. The molecule has 0 atom stereocenters. The average Bonchev–Trinajstić information content (AvgIpc) is 3.38. The molecule has 2 fully saturated rings. The molecule has 0 N–H and O–H groups in total. The Bertz CT molecular complexity index is 997. The zero-order valence-corrected chi connectivity index (χ0v) is 17.9. The van der Waals surface area contributed by atoms with E-state index in [-0.39, 0.29) is 11.8 Å². The van der Waals surface area contributed by atoms with Crippen LogP contribution in [0.2, 0.25) is 0 Å². The Morgan fingerprint density at radius 1 is 0.531 bits per heavy atom. The highest BCUT2D eigenvalue weighted by Crippen LogP contribution is 2.26. The Kier molecular flexibility index (Phi) is 5.50. The number of rotatable bonds is 6. The van der Waals surface area contributed by atoms with Crippen molar-refractivity contribution in [1.82, 2.24) is 10.0 Å². The summed E-state index contributed by atoms with van der Waals surface area (Å²) in [6.45, 7) is 2.47. The Balaban J connectivity index is 1.28. The van der Waals surface area contributed by atoms with Crippen LogP contribution in [0.4, 0.5) is 11.4 Å². The summed E-state index contributed by atoms with van der Waals surface area (Å²) in [6.07, 6.45) is 1.05. The van der Waals surface area contributed by atoms with Crippen LogP contribution in [0.3, 0.4) is 0 Å². The van der Waals surface area contributed by atoms with E-state index in [1.165, 1.54) is 0 Å². The minimum absolute atomic E-state index is 0.138. The van der Waals surface area contributed by atoms with Gasteiger partial charge in [-0.2, -0.15) is 0 Å². The molecule has 3 aromatic rings. The molecule has 6 heteroatoms. The van der Waals surface area contributed by atoms with E-state index in [9.17, 15) is 9.59 Å². The molecule has 3 aromatic carbocycles. The smallest absolute Gasteiger partial charge is 0.243 e. The maximum Gasteiger partial charge on any atom is 0.243 e. The molecule has 0 aromatic heterocycles. The molecule has 0 saturated carbocycles. The predicted octanol–water partition coefficient (Wildman–Crippen LogP) is 3.99. The first kappa shape index (κ1) is 20.1. The number of hydrogen-bond acceptors (Lipinski definition) is 4. The number of amides is 2. The molecule has 2 heterocycles. The summed E-state index contributed by atoms with van der Waals surface area (Å²) >= 11 is 0. The Labute approximate surface area is 188 Å². The van der Waals surface area contributed by atoms with Gasteiger partial charge in [0, 0.05) is 25.9 Å². The molecule has 0 unspecified atom stereocenters. The van der Waals surface area contributed by atoms with Crippen molar-refractivity contribution < 1.29 is 9.59 Å². The fourth-order valence-corrected chi connectivity index (χ4v) is 4.35. The second-order valence-electron chi connectivity index (χ2n) is 8.14. The van der Waals surface area contributed by atoms with Crippen molar-refractivity contribution in [2.45, 2.75) is 25.9 Å². The molecule has 2 aliphatic rings. The average molecular weight is 427 g/mol. The Hall–Kier alpha value is -3.80. The van der Waals surface area contributed by atoms with Gasteiger partial charge in [0.2, 0.25) is 11.8 Å². The summed E-state index contributed by atoms with van der Waals surface area (Å²) in [6, 6.07) is 28.2. The molecule has 32 heavy (non-hydrogen) atoms. The highest BCUT2D eigenvalue weighted by atomic mass is 16.2. The van der Waals surface area contributed by atoms with Crippen molar-refractivity contribution in [3.8, 4) is 0 Å². The highest BCUT2D eigenvalue weighted by Gasteiger charge is 2.30. The number of para-hydroxylation sites is 2. The molecule has 162 valence electrons. The van der Waals surface area contributed by atoms with Crippen molar-refractivity contribution in [3.05, 3.63) is 96.1 Å². The third-order valence-electron chi connectivity index (χ3n) is 6.03. The van der Waals surface area contributed by atoms with E-state index < -0.39 is 0 Å². The van der Waals surface area contributed by atoms with Gasteiger partial charge in [-0.3, -0.25) is 19.6 Å². The molecule has 0 bridgehead atoms. The second-order valence-corrected chi connectivity index (χ2v) is 8.14. The van der Waals surface area contributed by atoms with Crippen molar-refractivity contribution in [2.24, 2.45) is 0 Å². The van der Waals surface area contributed by atoms with Crippen LogP contribution in [0, 0.1) is 0 Å². The van der Waals surface area contributed by atoms with Gasteiger partial charge in [0.25, 0.3) is 0 Å². The van der Waals surface area contributed by atoms with E-state index in [0.29, 0.717) is 39.0 Å². The highest BCUT2D eigenvalue weighted by molar-refractivity contribution is 5.82. The first-order valence-corrected chi connectivity index (χ1v) is 11.0. The van der Waals surface area contributed by atoms with Crippen molar-refractivity contribution in [3.63, 3.8) is 0 Å². The SMILES string of the molecule is O=C1CCN(c2ccccc2)N1Cc1ccc(CN2C(=O)CCN2c2ccccc2)cc1. The minimum Gasteiger partial charge on any atom is -0.282 e. The van der Waals surface area contributed by atoms with Crippen molar-refractivity contribution in [1.29, 1.82) is 0 Å². The van der Waals surface area contributed by atoms with Crippen LogP contribution in [-0.4, -0.2) is 34.9 Å². The molecule has 0 radical (unpaired) electrons. The lowest BCUT2D eigenvalue weighted by atomic mass is 10.1. The van der Waals surface area contributed by atoms with Crippen LogP contribution in [0.1, 0.15) is 24.0 Å². The van der Waals surface area contributed by atoms with E-state index >= 15 is 0 Å². The summed E-state index contributed by atoms with van der Waals surface area (Å²) in [7, 11) is 0. The third-order valence-corrected chi connectivity index (χ3v) is 6.03. The van der Waals surface area contributed by atoms with Gasteiger partial charge in [0.1, 0.15) is 0 Å². The van der Waals surface area contributed by atoms with E-state index in [0.717, 1.165) is 22.5 Å². The maximum atomic E-state index is 12.5. The molecule has 5 rings (SSSR count). The van der Waals surface area contributed by atoms with E-state index in [1.807, 2.05) is 70.7 Å². The van der Waals surface area contributed by atoms with E-state index in [2.05, 4.69) is 34.3 Å². The summed E-state index contributed by atoms with van der Waals surface area (Å²) < 4.78 is 0. The van der Waals surface area contributed by atoms with Crippen LogP contribution in [-0.2, 0) is 22.7 Å². The molecule has 0 aliphatic carbocycles. The number of benzene rings is 3. The Morgan fingerprint density at radius 3 is 1.28 bits per heavy atom. The van der Waals surface area contributed by atoms with Crippen LogP contribution >= 0.6 is 0 Å². The number of anilines is 2. The quantitative estimate of drug-likeness (QED) is 0.598. The van der Waals surface area contributed by atoms with Gasteiger partial charge in [0.05, 0.1) is 24.5 Å². The molecule has 2 aliphatic heterocycles. The lowest BCUT2D eigenvalue weighted by molar-refractivity contribution is -0.129. The zero-order chi connectivity index (χ0) is 21.9. The standard InChI is InChI=1S/C26H26N4O2/c31-25-15-17-27(23-7-3-1-4-8-23)29(25)19-21-11-13-22(14-12-21)20-30-26(32)16-18-28(30)24-9-5-2-6-10-24/h1-14H,15-20H2. The first-order chi connectivity index (χ1) is 15.7. The molecular weight excluding hydrogens is 400 g/mol. The number of hydrazine groups is 2. The fourth-order valence-electron chi connectivity index (χ4n) is 4.35. The zero-order valence-electron chi connectivity index (χ0n) is 17.9. The van der Waals surface area contributed by atoms with Gasteiger partial charge in [0.15, 0.2) is 0 Å². The normalized spacial score (nSPS) is 16.4. The minimum atomic E-state index is 0.138. The van der Waals surface area contributed by atoms with Gasteiger partial charge in [-0.25, -0.2) is 10.0 Å². The van der Waals surface area contributed by atoms with Gasteiger partial charge < -0.3 is 0 Å². The van der Waals surface area contributed by atoms with Gasteiger partial charge >= 0.3 is 0 Å². The lowest BCUT2D eigenvalue weighted by Gasteiger charge is -2.30. The molecule has 2 saturated heterocycles. The van der Waals surface area contributed by atoms with E-state index in [1.54, 1.807) is 0 Å². The van der Waals surface area contributed by atoms with Gasteiger partial charge in [-0.1, -0.05) is 60.7 Å². The monoisotopic (exact) mass is 426 g/mol. The summed E-state index contributed by atoms with van der Waals surface area (Å²) in [4.78, 5) is 25.0. The lowest BCUT2D eigenvalue weighted by Crippen LogP contribution is -2.39. The number of nitrogens with zero attached hydrogens (tertiary/aromatic N) is 4. The predicted molar refractivity (Wildman–Crippen MR) is 124 cm³/mol. The Morgan fingerprint density at radius 2 is 0.906 bits per heavy atom. The maximum absolute atomic E-state index is 12.5. The van der Waals surface area contributed by atoms with E-state index in [4.69, 9.17) is 0 Å². The van der Waals surface area contributed by atoms with Crippen molar-refractivity contribution in [2.75, 3.05) is 23.1 Å². The van der Waals surface area contributed by atoms with Crippen LogP contribution in [0.15, 0.2) is 84.9 Å². The first-order valence-electron chi connectivity index (χ1n) is 11.0. The third kappa shape index (κ3) is 4.04. The molecular formula is C26H26N4O2. The van der Waals surface area contributed by atoms with Crippen LogP contribution < -0.4 is 10.0 Å². The number of carbonyl (C=O) groups excluding carboxylic acids is 2. The van der Waals surface area contributed by atoms with Crippen LogP contribution in [0.5, 0.6) is 0 Å². The van der Waals surface area contributed by atoms with Crippen LogP contribution in [0.25, 0.3) is 0 Å². The molecule has 0 spiro atoms. The second kappa shape index (κ2) is 8.75. The topological polar surface area (TPSA) is 47.1 Å². The van der Waals surface area contributed by atoms with Crippen molar-refractivity contribution >= 4 is 23.2 Å².